The van der Waals surface area contributed by atoms with Crippen molar-refractivity contribution in [1.29, 1.82) is 0 Å². The number of aliphatic hydroxyl groups excluding tert-OH is 1. The molecule has 0 aromatic rings. The molecule has 0 radical (unpaired) electrons. The molecule has 0 saturated heterocycles. The van der Waals surface area contributed by atoms with E-state index in [0.717, 1.165) is 96.3 Å². The van der Waals surface area contributed by atoms with Crippen molar-refractivity contribution in [2.24, 2.45) is 5.92 Å². The number of rotatable bonds is 77. The topological polar surface area (TPSA) is 237 Å². The number of phosphoric ester groups is 2. The predicted molar refractivity (Wildman–Crippen MR) is 391 cm³/mol. The summed E-state index contributed by atoms with van der Waals surface area (Å²) < 4.78 is 68.6. The monoisotopic (exact) mass is 1410 g/mol. The van der Waals surface area contributed by atoms with Crippen molar-refractivity contribution in [2.45, 2.75) is 425 Å². The number of hydrogen-bond acceptors (Lipinski definition) is 15. The van der Waals surface area contributed by atoms with Gasteiger partial charge in [-0.3, -0.25) is 37.3 Å². The smallest absolute Gasteiger partial charge is 0.462 e. The second-order valence-corrected chi connectivity index (χ2v) is 31.1. The molecule has 0 bridgehead atoms. The summed E-state index contributed by atoms with van der Waals surface area (Å²) in [5, 5.41) is 10.6. The molecule has 0 aliphatic carbocycles. The van der Waals surface area contributed by atoms with Gasteiger partial charge >= 0.3 is 39.5 Å². The van der Waals surface area contributed by atoms with Gasteiger partial charge in [0.05, 0.1) is 26.4 Å². The molecule has 0 aliphatic heterocycles. The van der Waals surface area contributed by atoms with Crippen molar-refractivity contribution in [3.8, 4) is 0 Å². The summed E-state index contributed by atoms with van der Waals surface area (Å²) in [4.78, 5) is 72.8. The minimum absolute atomic E-state index is 0.107. The standard InChI is InChI=1S/C77H150O17P2/c1-6-9-12-15-18-21-24-27-30-32-34-37-40-43-46-53-58-63-76(81)93-72(66-87-74(79)60-55-50-44-41-38-36-33-31-28-25-22-19-16-13-10-7-2)68-91-95(83,84)89-64-71(78)65-90-96(85,86)92-69-73(67-88-75(80)61-56-51-48-47-49-54-59-70(4)5)94-77(82)62-57-52-45-42-39-35-29-26-23-20-17-14-11-8-3/h70-73,78H,6-69H2,1-5H3,(H,83,84)(H,85,86)/t71-,72-,73-/m1/s1. The van der Waals surface area contributed by atoms with Gasteiger partial charge in [-0.2, -0.15) is 0 Å². The van der Waals surface area contributed by atoms with Crippen LogP contribution in [0.4, 0.5) is 0 Å². The average molecular weight is 1410 g/mol. The number of hydrogen-bond donors (Lipinski definition) is 3. The molecule has 19 heteroatoms. The van der Waals surface area contributed by atoms with Crippen LogP contribution in [0.2, 0.25) is 0 Å². The number of esters is 4. The summed E-state index contributed by atoms with van der Waals surface area (Å²) in [6.07, 6.45) is 59.7. The minimum Gasteiger partial charge on any atom is -0.462 e. The molecule has 5 atom stereocenters. The number of carbonyl (C=O) groups is 4. The van der Waals surface area contributed by atoms with Crippen LogP contribution in [0.25, 0.3) is 0 Å². The van der Waals surface area contributed by atoms with Crippen LogP contribution in [0.3, 0.4) is 0 Å². The van der Waals surface area contributed by atoms with E-state index in [2.05, 4.69) is 34.6 Å². The zero-order valence-corrected chi connectivity index (χ0v) is 64.3. The highest BCUT2D eigenvalue weighted by Crippen LogP contribution is 2.45. The largest absolute Gasteiger partial charge is 0.472 e. The molecule has 0 aromatic carbocycles. The van der Waals surface area contributed by atoms with Gasteiger partial charge in [-0.25, -0.2) is 9.13 Å². The second kappa shape index (κ2) is 70.1. The van der Waals surface area contributed by atoms with E-state index < -0.39 is 97.5 Å². The predicted octanol–water partition coefficient (Wildman–Crippen LogP) is 22.9. The van der Waals surface area contributed by atoms with Gasteiger partial charge in [-0.1, -0.05) is 356 Å². The fourth-order valence-corrected chi connectivity index (χ4v) is 13.5. The van der Waals surface area contributed by atoms with Crippen molar-refractivity contribution in [2.75, 3.05) is 39.6 Å². The molecule has 0 aliphatic rings. The Morgan fingerprint density at radius 3 is 0.708 bits per heavy atom. The highest BCUT2D eigenvalue weighted by atomic mass is 31.2. The van der Waals surface area contributed by atoms with Crippen LogP contribution in [0.15, 0.2) is 0 Å². The van der Waals surface area contributed by atoms with Crippen LogP contribution < -0.4 is 0 Å². The molecule has 96 heavy (non-hydrogen) atoms. The van der Waals surface area contributed by atoms with Crippen molar-refractivity contribution < 1.29 is 80.2 Å². The molecule has 570 valence electrons. The molecule has 0 fully saturated rings. The zero-order chi connectivity index (χ0) is 70.5. The van der Waals surface area contributed by atoms with Crippen molar-refractivity contribution in [1.82, 2.24) is 0 Å². The first-order chi connectivity index (χ1) is 46.5. The van der Waals surface area contributed by atoms with Gasteiger partial charge in [0.1, 0.15) is 19.3 Å². The van der Waals surface area contributed by atoms with Crippen LogP contribution in [0.1, 0.15) is 407 Å². The third-order valence-electron chi connectivity index (χ3n) is 18.0. The number of unbranched alkanes of at least 4 members (excludes halogenated alkanes) is 49. The number of phosphoric acid groups is 2. The van der Waals surface area contributed by atoms with E-state index in [1.807, 2.05) is 0 Å². The maximum atomic E-state index is 13.1. The SMILES string of the molecule is CCCCCCCCCCCCCCCCCCCC(=O)O[C@H](COC(=O)CCCCCCCCCCCCCCCCCC)COP(=O)(O)OC[C@@H](O)COP(=O)(O)OC[C@@H](COC(=O)CCCCCCCCC(C)C)OC(=O)CCCCCCCCCCCCCCCC. The van der Waals surface area contributed by atoms with Crippen LogP contribution >= 0.6 is 15.6 Å². The van der Waals surface area contributed by atoms with Crippen LogP contribution in [-0.2, 0) is 65.4 Å². The lowest BCUT2D eigenvalue weighted by atomic mass is 10.0. The van der Waals surface area contributed by atoms with Gasteiger partial charge in [-0.05, 0) is 31.6 Å². The quantitative estimate of drug-likeness (QED) is 0.0222. The Kier molecular flexibility index (Phi) is 68.7. The number of aliphatic hydroxyl groups is 1. The Morgan fingerprint density at radius 1 is 0.281 bits per heavy atom. The molecule has 0 rings (SSSR count). The van der Waals surface area contributed by atoms with Gasteiger partial charge in [0.15, 0.2) is 12.2 Å². The first-order valence-corrected chi connectivity index (χ1v) is 43.1. The Bertz CT molecular complexity index is 1840. The molecule has 0 aromatic heterocycles. The number of carbonyl (C=O) groups excluding carboxylic acids is 4. The maximum Gasteiger partial charge on any atom is 0.472 e. The zero-order valence-electron chi connectivity index (χ0n) is 62.5. The lowest BCUT2D eigenvalue weighted by Gasteiger charge is -2.21. The van der Waals surface area contributed by atoms with Gasteiger partial charge < -0.3 is 33.8 Å². The summed E-state index contributed by atoms with van der Waals surface area (Å²) in [5.41, 5.74) is 0. The van der Waals surface area contributed by atoms with E-state index in [1.165, 1.54) is 225 Å². The molecular weight excluding hydrogens is 1260 g/mol. The first kappa shape index (κ1) is 94.1. The van der Waals surface area contributed by atoms with Crippen LogP contribution in [-0.4, -0.2) is 96.7 Å². The lowest BCUT2D eigenvalue weighted by Crippen LogP contribution is -2.30. The molecule has 0 amide bonds. The van der Waals surface area contributed by atoms with E-state index in [-0.39, 0.29) is 25.7 Å². The minimum atomic E-state index is -4.96. The van der Waals surface area contributed by atoms with E-state index in [0.29, 0.717) is 31.6 Å². The first-order valence-electron chi connectivity index (χ1n) is 40.1. The van der Waals surface area contributed by atoms with Gasteiger partial charge in [0.25, 0.3) is 0 Å². The summed E-state index contributed by atoms with van der Waals surface area (Å²) in [6, 6.07) is 0. The van der Waals surface area contributed by atoms with E-state index in [4.69, 9.17) is 37.0 Å². The Morgan fingerprint density at radius 2 is 0.479 bits per heavy atom. The Balaban J connectivity index is 5.23. The fourth-order valence-electron chi connectivity index (χ4n) is 11.9. The molecular formula is C77H150O17P2. The molecule has 0 spiro atoms. The van der Waals surface area contributed by atoms with Gasteiger partial charge in [0.2, 0.25) is 0 Å². The molecule has 3 N–H and O–H groups in total. The van der Waals surface area contributed by atoms with Crippen LogP contribution in [0, 0.1) is 5.92 Å². The third-order valence-corrected chi connectivity index (χ3v) is 19.9. The molecule has 0 heterocycles. The molecule has 2 unspecified atom stereocenters. The average Bonchev–Trinajstić information content (AvgIpc) is 1.31. The van der Waals surface area contributed by atoms with E-state index >= 15 is 0 Å². The summed E-state index contributed by atoms with van der Waals surface area (Å²) in [6.45, 7) is 7.23. The second-order valence-electron chi connectivity index (χ2n) is 28.2. The molecule has 0 saturated carbocycles. The fraction of sp³-hybridized carbons (Fsp3) is 0.948. The summed E-state index contributed by atoms with van der Waals surface area (Å²) in [5.74, 6) is -1.43. The Labute approximate surface area is 588 Å². The van der Waals surface area contributed by atoms with Crippen molar-refractivity contribution in [3.63, 3.8) is 0 Å². The van der Waals surface area contributed by atoms with Crippen molar-refractivity contribution >= 4 is 39.5 Å². The normalized spacial score (nSPS) is 13.9. The lowest BCUT2D eigenvalue weighted by molar-refractivity contribution is -0.161. The van der Waals surface area contributed by atoms with E-state index in [1.54, 1.807) is 0 Å². The summed E-state index contributed by atoms with van der Waals surface area (Å²) >= 11 is 0. The van der Waals surface area contributed by atoms with Gasteiger partial charge in [0, 0.05) is 25.7 Å². The van der Waals surface area contributed by atoms with E-state index in [9.17, 15) is 43.2 Å². The van der Waals surface area contributed by atoms with Crippen LogP contribution in [0.5, 0.6) is 0 Å². The number of ether oxygens (including phenoxy) is 4. The Hall–Kier alpha value is -1.94. The summed E-state index contributed by atoms with van der Waals surface area (Å²) in [7, 11) is -9.91. The maximum absolute atomic E-state index is 13.1. The third kappa shape index (κ3) is 70.5. The highest BCUT2D eigenvalue weighted by molar-refractivity contribution is 7.47. The van der Waals surface area contributed by atoms with Gasteiger partial charge in [-0.15, -0.1) is 0 Å². The molecule has 17 nitrogen and oxygen atoms in total. The van der Waals surface area contributed by atoms with Crippen molar-refractivity contribution in [3.05, 3.63) is 0 Å². The highest BCUT2D eigenvalue weighted by Gasteiger charge is 2.30.